The fraction of sp³-hybridized carbons (Fsp3) is 0.250. The van der Waals surface area contributed by atoms with Crippen molar-refractivity contribution in [3.63, 3.8) is 0 Å². The zero-order valence-electron chi connectivity index (χ0n) is 7.40. The third-order valence-corrected chi connectivity index (χ3v) is 1.55. The van der Waals surface area contributed by atoms with Crippen LogP contribution in [0.2, 0.25) is 0 Å². The van der Waals surface area contributed by atoms with E-state index in [0.717, 1.165) is 0 Å². The molecule has 1 rings (SSSR count). The number of hydrogen-bond acceptors (Lipinski definition) is 5. The van der Waals surface area contributed by atoms with E-state index in [0.29, 0.717) is 5.69 Å². The van der Waals surface area contributed by atoms with Gasteiger partial charge in [-0.3, -0.25) is 0 Å². The average molecular weight is 197 g/mol. The van der Waals surface area contributed by atoms with E-state index in [1.807, 2.05) is 0 Å². The van der Waals surface area contributed by atoms with Gasteiger partial charge in [-0.1, -0.05) is 0 Å². The highest BCUT2D eigenvalue weighted by molar-refractivity contribution is 5.86. The molecule has 5 N–H and O–H groups in total. The number of carboxylic acids is 1. The summed E-state index contributed by atoms with van der Waals surface area (Å²) in [6.07, 6.45) is 0. The van der Waals surface area contributed by atoms with Crippen molar-refractivity contribution in [1.29, 1.82) is 0 Å². The number of nitrogen functional groups attached to an aromatic ring is 1. The number of nitrogens with one attached hydrogen (secondary N) is 1. The number of aromatic carboxylic acids is 1. The molecule has 0 saturated heterocycles. The zero-order valence-corrected chi connectivity index (χ0v) is 7.40. The van der Waals surface area contributed by atoms with Crippen LogP contribution in [-0.4, -0.2) is 34.3 Å². The summed E-state index contributed by atoms with van der Waals surface area (Å²) in [6.45, 7) is 0.207. The molecule has 0 aliphatic rings. The molecule has 6 heteroatoms. The second-order valence-corrected chi connectivity index (χ2v) is 2.59. The predicted octanol–water partition coefficient (Wildman–Crippen LogP) is -0.234. The third kappa shape index (κ3) is 2.33. The van der Waals surface area contributed by atoms with Crippen molar-refractivity contribution in [3.8, 4) is 0 Å². The van der Waals surface area contributed by atoms with Gasteiger partial charge in [0.15, 0.2) is 5.69 Å². The Morgan fingerprint density at radius 3 is 2.86 bits per heavy atom. The maximum Gasteiger partial charge on any atom is 0.354 e. The van der Waals surface area contributed by atoms with Gasteiger partial charge in [-0.15, -0.1) is 0 Å². The fourth-order valence-electron chi connectivity index (χ4n) is 0.905. The van der Waals surface area contributed by atoms with Crippen LogP contribution < -0.4 is 11.1 Å². The number of aliphatic hydroxyl groups is 1. The number of anilines is 2. The van der Waals surface area contributed by atoms with Crippen molar-refractivity contribution >= 4 is 17.5 Å². The van der Waals surface area contributed by atoms with E-state index in [1.165, 1.54) is 12.1 Å². The van der Waals surface area contributed by atoms with E-state index in [-0.39, 0.29) is 24.7 Å². The molecule has 1 heterocycles. The minimum absolute atomic E-state index is 0.0710. The lowest BCUT2D eigenvalue weighted by Gasteiger charge is -2.06. The largest absolute Gasteiger partial charge is 0.477 e. The van der Waals surface area contributed by atoms with Gasteiger partial charge in [0.25, 0.3) is 0 Å². The lowest BCUT2D eigenvalue weighted by Crippen LogP contribution is -2.11. The Kier molecular flexibility index (Phi) is 3.24. The van der Waals surface area contributed by atoms with Crippen molar-refractivity contribution < 1.29 is 15.0 Å². The molecule has 0 fully saturated rings. The van der Waals surface area contributed by atoms with Crippen molar-refractivity contribution in [2.24, 2.45) is 0 Å². The quantitative estimate of drug-likeness (QED) is 0.530. The summed E-state index contributed by atoms with van der Waals surface area (Å²) >= 11 is 0. The smallest absolute Gasteiger partial charge is 0.354 e. The van der Waals surface area contributed by atoms with Crippen LogP contribution in [0.3, 0.4) is 0 Å². The molecule has 0 radical (unpaired) electrons. The summed E-state index contributed by atoms with van der Waals surface area (Å²) in [5.41, 5.74) is 5.80. The van der Waals surface area contributed by atoms with Gasteiger partial charge in [0.1, 0.15) is 5.82 Å². The summed E-state index contributed by atoms with van der Waals surface area (Å²) in [5.74, 6) is -0.837. The van der Waals surface area contributed by atoms with E-state index in [9.17, 15) is 4.79 Å². The number of pyridine rings is 1. The summed E-state index contributed by atoms with van der Waals surface area (Å²) in [4.78, 5) is 14.3. The Balaban J connectivity index is 2.90. The molecule has 0 amide bonds. The summed E-state index contributed by atoms with van der Waals surface area (Å²) < 4.78 is 0. The van der Waals surface area contributed by atoms with Gasteiger partial charge in [-0.2, -0.15) is 0 Å². The fourth-order valence-corrected chi connectivity index (χ4v) is 0.905. The molecule has 0 bridgehead atoms. The van der Waals surface area contributed by atoms with Crippen molar-refractivity contribution in [3.05, 3.63) is 17.8 Å². The predicted molar refractivity (Wildman–Crippen MR) is 51.2 cm³/mol. The number of nitrogens with zero attached hydrogens (tertiary/aromatic N) is 1. The molecule has 6 nitrogen and oxygen atoms in total. The Morgan fingerprint density at radius 2 is 2.29 bits per heavy atom. The van der Waals surface area contributed by atoms with Crippen LogP contribution >= 0.6 is 0 Å². The van der Waals surface area contributed by atoms with E-state index in [4.69, 9.17) is 15.9 Å². The molecular weight excluding hydrogens is 186 g/mol. The number of aromatic nitrogens is 1. The number of hydrogen-bond donors (Lipinski definition) is 4. The van der Waals surface area contributed by atoms with Crippen LogP contribution in [0.25, 0.3) is 0 Å². The molecule has 0 saturated carbocycles. The lowest BCUT2D eigenvalue weighted by molar-refractivity contribution is 0.0690. The molecule has 0 unspecified atom stereocenters. The molecule has 1 aromatic rings. The lowest BCUT2D eigenvalue weighted by atomic mass is 10.3. The summed E-state index contributed by atoms with van der Waals surface area (Å²) in [7, 11) is 0. The first-order valence-corrected chi connectivity index (χ1v) is 3.99. The van der Waals surface area contributed by atoms with Gasteiger partial charge in [0.2, 0.25) is 0 Å². The molecule has 76 valence electrons. The maximum atomic E-state index is 10.6. The van der Waals surface area contributed by atoms with Gasteiger partial charge >= 0.3 is 5.97 Å². The maximum absolute atomic E-state index is 10.6. The monoisotopic (exact) mass is 197 g/mol. The Hall–Kier alpha value is -1.82. The van der Waals surface area contributed by atoms with Crippen LogP contribution in [0.5, 0.6) is 0 Å². The zero-order chi connectivity index (χ0) is 10.6. The molecule has 0 atom stereocenters. The molecule has 0 aliphatic carbocycles. The van der Waals surface area contributed by atoms with Crippen LogP contribution in [0.15, 0.2) is 12.1 Å². The number of aliphatic hydroxyl groups excluding tert-OH is 1. The Morgan fingerprint density at radius 1 is 1.57 bits per heavy atom. The molecule has 0 spiro atoms. The van der Waals surface area contributed by atoms with E-state index in [1.54, 1.807) is 0 Å². The Bertz CT molecular complexity index is 341. The van der Waals surface area contributed by atoms with Crippen LogP contribution in [0.1, 0.15) is 10.5 Å². The number of carboxylic acid groups (broad SMARTS) is 1. The average Bonchev–Trinajstić information content (AvgIpc) is 2.16. The van der Waals surface area contributed by atoms with Crippen LogP contribution in [-0.2, 0) is 0 Å². The second kappa shape index (κ2) is 4.43. The molecule has 14 heavy (non-hydrogen) atoms. The Labute approximate surface area is 80.4 Å². The molecular formula is C8H11N3O3. The van der Waals surface area contributed by atoms with Crippen molar-refractivity contribution in [1.82, 2.24) is 4.98 Å². The normalized spacial score (nSPS) is 9.79. The van der Waals surface area contributed by atoms with Crippen LogP contribution in [0, 0.1) is 0 Å². The van der Waals surface area contributed by atoms with E-state index < -0.39 is 5.97 Å². The van der Waals surface area contributed by atoms with Gasteiger partial charge < -0.3 is 21.3 Å². The van der Waals surface area contributed by atoms with Crippen LogP contribution in [0.4, 0.5) is 11.5 Å². The molecule has 1 aromatic heterocycles. The number of carbonyl (C=O) groups is 1. The molecule has 0 aromatic carbocycles. The SMILES string of the molecule is Nc1ccc(C(=O)O)nc1NCCO. The topological polar surface area (TPSA) is 108 Å². The van der Waals surface area contributed by atoms with Crippen molar-refractivity contribution in [2.45, 2.75) is 0 Å². The highest BCUT2D eigenvalue weighted by Crippen LogP contribution is 2.15. The first kappa shape index (κ1) is 10.3. The van der Waals surface area contributed by atoms with E-state index >= 15 is 0 Å². The highest BCUT2D eigenvalue weighted by Gasteiger charge is 2.07. The number of nitrogens with two attached hydrogens (primary N) is 1. The van der Waals surface area contributed by atoms with Crippen molar-refractivity contribution in [2.75, 3.05) is 24.2 Å². The summed E-state index contributed by atoms with van der Waals surface area (Å²) in [6, 6.07) is 2.78. The third-order valence-electron chi connectivity index (χ3n) is 1.55. The minimum atomic E-state index is -1.11. The van der Waals surface area contributed by atoms with Gasteiger partial charge in [-0.25, -0.2) is 9.78 Å². The summed E-state index contributed by atoms with van der Waals surface area (Å²) in [5, 5.41) is 19.9. The van der Waals surface area contributed by atoms with Gasteiger partial charge in [0.05, 0.1) is 12.3 Å². The first-order valence-electron chi connectivity index (χ1n) is 3.99. The van der Waals surface area contributed by atoms with Gasteiger partial charge in [0, 0.05) is 6.54 Å². The number of rotatable bonds is 4. The minimum Gasteiger partial charge on any atom is -0.477 e. The van der Waals surface area contributed by atoms with E-state index in [2.05, 4.69) is 10.3 Å². The first-order chi connectivity index (χ1) is 6.65. The molecule has 0 aliphatic heterocycles. The second-order valence-electron chi connectivity index (χ2n) is 2.59. The van der Waals surface area contributed by atoms with Gasteiger partial charge in [-0.05, 0) is 12.1 Å². The standard InChI is InChI=1S/C8H11N3O3/c9-5-1-2-6(8(13)14)11-7(5)10-3-4-12/h1-2,12H,3-4,9H2,(H,10,11)(H,13,14). The highest BCUT2D eigenvalue weighted by atomic mass is 16.4.